The quantitative estimate of drug-likeness (QED) is 0.787. The highest BCUT2D eigenvalue weighted by molar-refractivity contribution is 5.77. The molecule has 0 aliphatic carbocycles. The molecule has 3 aliphatic heterocycles. The maximum Gasteiger partial charge on any atom is 0.248 e. The van der Waals surface area contributed by atoms with Crippen LogP contribution in [-0.4, -0.2) is 76.6 Å². The number of amides is 1. The molecule has 1 aromatic heterocycles. The van der Waals surface area contributed by atoms with E-state index in [4.69, 9.17) is 9.47 Å². The molecule has 138 valence electrons. The van der Waals surface area contributed by atoms with E-state index in [1.165, 1.54) is 5.56 Å². The van der Waals surface area contributed by atoms with Crippen LogP contribution in [0, 0.1) is 0 Å². The van der Waals surface area contributed by atoms with Crippen LogP contribution < -0.4 is 0 Å². The predicted molar refractivity (Wildman–Crippen MR) is 92.0 cm³/mol. The molecular weight excluding hydrogens is 320 g/mol. The van der Waals surface area contributed by atoms with Crippen molar-refractivity contribution in [3.05, 3.63) is 18.0 Å². The Morgan fingerprint density at radius 3 is 2.92 bits per heavy atom. The second kappa shape index (κ2) is 7.05. The monoisotopic (exact) mass is 348 g/mol. The minimum atomic E-state index is -0.0815. The number of aromatic nitrogens is 2. The number of rotatable bonds is 5. The van der Waals surface area contributed by atoms with Crippen molar-refractivity contribution >= 4 is 5.91 Å². The largest absolute Gasteiger partial charge is 0.372 e. The molecule has 0 bridgehead atoms. The van der Waals surface area contributed by atoms with Crippen LogP contribution >= 0.6 is 0 Å². The molecular formula is C18H28N4O3. The first-order valence-corrected chi connectivity index (χ1v) is 9.35. The van der Waals surface area contributed by atoms with Gasteiger partial charge in [0, 0.05) is 64.6 Å². The number of ether oxygens (including phenoxy) is 2. The number of hydrogen-bond acceptors (Lipinski definition) is 5. The first-order valence-electron chi connectivity index (χ1n) is 9.35. The standard InChI is InChI=1S/C18H28N4O3/c1-20-10-15(9-19-20)11-21-13-18(14-21)8-16(4-7-25-18)24-12-17(23)22-5-2-3-6-22/h9-10,16H,2-8,11-14H2,1H3/t16-/m0/s1. The fourth-order valence-corrected chi connectivity index (χ4v) is 4.28. The molecule has 25 heavy (non-hydrogen) atoms. The van der Waals surface area contributed by atoms with Gasteiger partial charge in [-0.2, -0.15) is 5.10 Å². The smallest absolute Gasteiger partial charge is 0.248 e. The third kappa shape index (κ3) is 3.88. The van der Waals surface area contributed by atoms with E-state index >= 15 is 0 Å². The van der Waals surface area contributed by atoms with Crippen molar-refractivity contribution < 1.29 is 14.3 Å². The van der Waals surface area contributed by atoms with Gasteiger partial charge in [-0.15, -0.1) is 0 Å². The summed E-state index contributed by atoms with van der Waals surface area (Å²) in [5.74, 6) is 0.143. The molecule has 0 saturated carbocycles. The van der Waals surface area contributed by atoms with Gasteiger partial charge in [-0.05, 0) is 19.3 Å². The van der Waals surface area contributed by atoms with Crippen LogP contribution in [0.1, 0.15) is 31.2 Å². The number of likely N-dealkylation sites (tertiary alicyclic amines) is 2. The summed E-state index contributed by atoms with van der Waals surface area (Å²) in [5.41, 5.74) is 1.15. The van der Waals surface area contributed by atoms with Crippen molar-refractivity contribution in [2.45, 2.75) is 43.9 Å². The van der Waals surface area contributed by atoms with E-state index in [2.05, 4.69) is 16.2 Å². The summed E-state index contributed by atoms with van der Waals surface area (Å²) >= 11 is 0. The number of carbonyl (C=O) groups excluding carboxylic acids is 1. The highest BCUT2D eigenvalue weighted by atomic mass is 16.5. The molecule has 7 nitrogen and oxygen atoms in total. The zero-order valence-electron chi connectivity index (χ0n) is 15.0. The van der Waals surface area contributed by atoms with Crippen LogP contribution in [0.3, 0.4) is 0 Å². The molecule has 1 atom stereocenters. The average Bonchev–Trinajstić information content (AvgIpc) is 3.23. The van der Waals surface area contributed by atoms with Gasteiger partial charge in [0.2, 0.25) is 5.91 Å². The second-order valence-electron chi connectivity index (χ2n) is 7.71. The van der Waals surface area contributed by atoms with Gasteiger partial charge in [0.25, 0.3) is 0 Å². The molecule has 0 aromatic carbocycles. The Morgan fingerprint density at radius 1 is 1.40 bits per heavy atom. The molecule has 1 spiro atoms. The van der Waals surface area contributed by atoms with Crippen LogP contribution in [0.5, 0.6) is 0 Å². The lowest BCUT2D eigenvalue weighted by molar-refractivity contribution is -0.200. The summed E-state index contributed by atoms with van der Waals surface area (Å²) < 4.78 is 13.9. The lowest BCUT2D eigenvalue weighted by atomic mass is 9.84. The maximum absolute atomic E-state index is 12.1. The summed E-state index contributed by atoms with van der Waals surface area (Å²) in [6, 6.07) is 0. The third-order valence-electron chi connectivity index (χ3n) is 5.54. The van der Waals surface area contributed by atoms with Gasteiger partial charge in [-0.3, -0.25) is 14.4 Å². The van der Waals surface area contributed by atoms with E-state index in [0.29, 0.717) is 0 Å². The Morgan fingerprint density at radius 2 is 2.20 bits per heavy atom. The lowest BCUT2D eigenvalue weighted by Gasteiger charge is -2.53. The molecule has 0 unspecified atom stereocenters. The SMILES string of the molecule is Cn1cc(CN2CC3(C[C@@H](OCC(=O)N4CCCC4)CCO3)C2)cn1. The van der Waals surface area contributed by atoms with Crippen molar-refractivity contribution in [3.63, 3.8) is 0 Å². The summed E-state index contributed by atoms with van der Waals surface area (Å²) in [7, 11) is 1.94. The van der Waals surface area contributed by atoms with Gasteiger partial charge in [-0.25, -0.2) is 0 Å². The Kier molecular flexibility index (Phi) is 4.80. The minimum Gasteiger partial charge on any atom is -0.372 e. The summed E-state index contributed by atoms with van der Waals surface area (Å²) in [4.78, 5) is 16.5. The maximum atomic E-state index is 12.1. The van der Waals surface area contributed by atoms with Gasteiger partial charge in [0.15, 0.2) is 0 Å². The predicted octanol–water partition coefficient (Wildman–Crippen LogP) is 0.793. The Bertz CT molecular complexity index is 605. The zero-order chi connectivity index (χ0) is 17.3. The average molecular weight is 348 g/mol. The van der Waals surface area contributed by atoms with Crippen LogP contribution in [0.25, 0.3) is 0 Å². The summed E-state index contributed by atoms with van der Waals surface area (Å²) in [5, 5.41) is 4.22. The van der Waals surface area contributed by atoms with E-state index in [9.17, 15) is 4.79 Å². The Hall–Kier alpha value is -1.44. The number of hydrogen-bond donors (Lipinski definition) is 0. The molecule has 7 heteroatoms. The van der Waals surface area contributed by atoms with E-state index < -0.39 is 0 Å². The molecule has 3 aliphatic rings. The molecule has 3 saturated heterocycles. The zero-order valence-corrected chi connectivity index (χ0v) is 15.0. The molecule has 1 amide bonds. The van der Waals surface area contributed by atoms with Crippen LogP contribution in [0.15, 0.2) is 12.4 Å². The molecule has 3 fully saturated rings. The number of aryl methyl sites for hydroxylation is 1. The molecule has 1 aromatic rings. The van der Waals surface area contributed by atoms with Crippen molar-refractivity contribution in [2.24, 2.45) is 7.05 Å². The van der Waals surface area contributed by atoms with E-state index in [1.54, 1.807) is 0 Å². The molecule has 0 N–H and O–H groups in total. The number of carbonyl (C=O) groups is 1. The fraction of sp³-hybridized carbons (Fsp3) is 0.778. The lowest BCUT2D eigenvalue weighted by Crippen LogP contribution is -2.65. The minimum absolute atomic E-state index is 0.0815. The molecule has 4 heterocycles. The van der Waals surface area contributed by atoms with Crippen LogP contribution in [0.2, 0.25) is 0 Å². The van der Waals surface area contributed by atoms with Crippen molar-refractivity contribution in [2.75, 3.05) is 39.4 Å². The normalized spacial score (nSPS) is 26.1. The van der Waals surface area contributed by atoms with Gasteiger partial charge < -0.3 is 14.4 Å². The van der Waals surface area contributed by atoms with E-state index in [0.717, 1.165) is 65.0 Å². The highest BCUT2D eigenvalue weighted by Crippen LogP contribution is 2.36. The topological polar surface area (TPSA) is 59.8 Å². The Labute approximate surface area is 148 Å². The summed E-state index contributed by atoms with van der Waals surface area (Å²) in [6.07, 6.45) is 8.14. The van der Waals surface area contributed by atoms with E-state index in [-0.39, 0.29) is 24.2 Å². The first-order chi connectivity index (χ1) is 12.1. The fourth-order valence-electron chi connectivity index (χ4n) is 4.28. The second-order valence-corrected chi connectivity index (χ2v) is 7.71. The highest BCUT2D eigenvalue weighted by Gasteiger charge is 2.47. The van der Waals surface area contributed by atoms with Gasteiger partial charge >= 0.3 is 0 Å². The third-order valence-corrected chi connectivity index (χ3v) is 5.54. The summed E-state index contributed by atoms with van der Waals surface area (Å²) in [6.45, 7) is 5.51. The molecule has 4 rings (SSSR count). The molecule has 0 radical (unpaired) electrons. The Balaban J connectivity index is 1.22. The van der Waals surface area contributed by atoms with Gasteiger partial charge in [0.1, 0.15) is 6.61 Å². The van der Waals surface area contributed by atoms with Crippen molar-refractivity contribution in [1.29, 1.82) is 0 Å². The number of nitrogens with zero attached hydrogens (tertiary/aromatic N) is 4. The van der Waals surface area contributed by atoms with Crippen molar-refractivity contribution in [3.8, 4) is 0 Å². The van der Waals surface area contributed by atoms with Crippen LogP contribution in [0.4, 0.5) is 0 Å². The van der Waals surface area contributed by atoms with Crippen LogP contribution in [-0.2, 0) is 27.9 Å². The first kappa shape index (κ1) is 17.0. The van der Waals surface area contributed by atoms with Crippen molar-refractivity contribution in [1.82, 2.24) is 19.6 Å². The van der Waals surface area contributed by atoms with Gasteiger partial charge in [0.05, 0.1) is 17.9 Å². The van der Waals surface area contributed by atoms with E-state index in [1.807, 2.05) is 22.8 Å². The van der Waals surface area contributed by atoms with Gasteiger partial charge in [-0.1, -0.05) is 0 Å².